The first kappa shape index (κ1) is 9.91. The SMILES string of the molecule is CCNC1CC=C2C(=O)CCCC21C. The fraction of sp³-hybridized carbons (Fsp3) is 0.750. The number of carbonyl (C=O) groups is 1. The van der Waals surface area contributed by atoms with Gasteiger partial charge in [-0.2, -0.15) is 0 Å². The number of rotatable bonds is 2. The molecule has 2 unspecified atom stereocenters. The van der Waals surface area contributed by atoms with Crippen LogP contribution in [0, 0.1) is 5.41 Å². The lowest BCUT2D eigenvalue weighted by Gasteiger charge is -2.37. The number of hydrogen-bond donors (Lipinski definition) is 1. The number of hydrogen-bond acceptors (Lipinski definition) is 2. The minimum atomic E-state index is 0.130. The summed E-state index contributed by atoms with van der Waals surface area (Å²) >= 11 is 0. The molecule has 0 aromatic rings. The summed E-state index contributed by atoms with van der Waals surface area (Å²) in [5.74, 6) is 0.388. The van der Waals surface area contributed by atoms with Gasteiger partial charge in [0, 0.05) is 17.9 Å². The van der Waals surface area contributed by atoms with Crippen LogP contribution in [0.5, 0.6) is 0 Å². The molecule has 2 rings (SSSR count). The van der Waals surface area contributed by atoms with Crippen LogP contribution in [0.25, 0.3) is 0 Å². The third kappa shape index (κ3) is 1.33. The lowest BCUT2D eigenvalue weighted by atomic mass is 9.70. The van der Waals surface area contributed by atoms with Crippen molar-refractivity contribution in [3.05, 3.63) is 11.6 Å². The van der Waals surface area contributed by atoms with Gasteiger partial charge in [0.1, 0.15) is 0 Å². The van der Waals surface area contributed by atoms with Crippen molar-refractivity contribution in [2.45, 2.75) is 45.6 Å². The van der Waals surface area contributed by atoms with Crippen molar-refractivity contribution in [2.75, 3.05) is 6.54 Å². The molecular formula is C12H19NO. The van der Waals surface area contributed by atoms with E-state index in [9.17, 15) is 4.79 Å². The van der Waals surface area contributed by atoms with Gasteiger partial charge >= 0.3 is 0 Å². The molecule has 0 amide bonds. The standard InChI is InChI=1S/C12H19NO/c1-3-13-11-7-6-9-10(14)5-4-8-12(9,11)2/h6,11,13H,3-5,7-8H2,1-2H3. The lowest BCUT2D eigenvalue weighted by Crippen LogP contribution is -2.44. The highest BCUT2D eigenvalue weighted by molar-refractivity contribution is 5.98. The predicted molar refractivity (Wildman–Crippen MR) is 57.1 cm³/mol. The summed E-state index contributed by atoms with van der Waals surface area (Å²) in [5, 5.41) is 3.50. The molecule has 1 N–H and O–H groups in total. The van der Waals surface area contributed by atoms with Crippen LogP contribution in [0.1, 0.15) is 39.5 Å². The Bertz CT molecular complexity index is 282. The van der Waals surface area contributed by atoms with Crippen molar-refractivity contribution in [2.24, 2.45) is 5.41 Å². The zero-order valence-electron chi connectivity index (χ0n) is 9.10. The van der Waals surface area contributed by atoms with Crippen molar-refractivity contribution < 1.29 is 4.79 Å². The van der Waals surface area contributed by atoms with Crippen LogP contribution in [0.15, 0.2) is 11.6 Å². The summed E-state index contributed by atoms with van der Waals surface area (Å²) in [7, 11) is 0. The maximum absolute atomic E-state index is 11.7. The summed E-state index contributed by atoms with van der Waals surface area (Å²) < 4.78 is 0. The second-order valence-electron chi connectivity index (χ2n) is 4.66. The first-order valence-corrected chi connectivity index (χ1v) is 5.65. The van der Waals surface area contributed by atoms with Crippen LogP contribution in [0.3, 0.4) is 0 Å². The average molecular weight is 193 g/mol. The minimum Gasteiger partial charge on any atom is -0.313 e. The van der Waals surface area contributed by atoms with Gasteiger partial charge in [0.15, 0.2) is 5.78 Å². The largest absolute Gasteiger partial charge is 0.313 e. The number of fused-ring (bicyclic) bond motifs is 1. The zero-order valence-corrected chi connectivity index (χ0v) is 9.10. The van der Waals surface area contributed by atoms with E-state index in [1.54, 1.807) is 0 Å². The van der Waals surface area contributed by atoms with Gasteiger partial charge in [0.25, 0.3) is 0 Å². The summed E-state index contributed by atoms with van der Waals surface area (Å²) in [5.41, 5.74) is 1.24. The molecule has 0 saturated heterocycles. The van der Waals surface area contributed by atoms with Gasteiger partial charge < -0.3 is 5.32 Å². The van der Waals surface area contributed by atoms with Gasteiger partial charge in [-0.15, -0.1) is 0 Å². The number of nitrogens with one attached hydrogen (secondary N) is 1. The number of ketones is 1. The molecule has 1 fully saturated rings. The third-order valence-corrected chi connectivity index (χ3v) is 3.79. The Labute approximate surface area is 85.8 Å². The quantitative estimate of drug-likeness (QED) is 0.727. The normalized spacial score (nSPS) is 36.9. The molecule has 0 aromatic carbocycles. The van der Waals surface area contributed by atoms with Crippen LogP contribution in [-0.4, -0.2) is 18.4 Å². The Morgan fingerprint density at radius 2 is 2.43 bits per heavy atom. The zero-order chi connectivity index (χ0) is 10.2. The van der Waals surface area contributed by atoms with Crippen LogP contribution in [-0.2, 0) is 4.79 Å². The maximum Gasteiger partial charge on any atom is 0.159 e. The van der Waals surface area contributed by atoms with Crippen LogP contribution in [0.4, 0.5) is 0 Å². The van der Waals surface area contributed by atoms with E-state index < -0.39 is 0 Å². The van der Waals surface area contributed by atoms with Crippen molar-refractivity contribution in [1.82, 2.24) is 5.32 Å². The number of carbonyl (C=O) groups excluding carboxylic acids is 1. The van der Waals surface area contributed by atoms with Gasteiger partial charge in [-0.3, -0.25) is 4.79 Å². The summed E-state index contributed by atoms with van der Waals surface area (Å²) in [6.45, 7) is 5.37. The molecule has 0 aliphatic heterocycles. The number of Topliss-reactive ketones (excluding diaryl/α,β-unsaturated/α-hetero) is 1. The summed E-state index contributed by atoms with van der Waals surface area (Å²) in [6, 6.07) is 0.492. The maximum atomic E-state index is 11.7. The van der Waals surface area contributed by atoms with E-state index >= 15 is 0 Å². The monoisotopic (exact) mass is 193 g/mol. The van der Waals surface area contributed by atoms with E-state index in [2.05, 4.69) is 25.2 Å². The molecular weight excluding hydrogens is 174 g/mol. The highest BCUT2D eigenvalue weighted by Crippen LogP contribution is 2.46. The minimum absolute atomic E-state index is 0.130. The van der Waals surface area contributed by atoms with E-state index in [4.69, 9.17) is 0 Å². The Hall–Kier alpha value is -0.630. The molecule has 0 aromatic heterocycles. The van der Waals surface area contributed by atoms with Crippen LogP contribution >= 0.6 is 0 Å². The second kappa shape index (κ2) is 3.50. The Kier molecular flexibility index (Phi) is 2.48. The molecule has 2 heteroatoms. The smallest absolute Gasteiger partial charge is 0.159 e. The van der Waals surface area contributed by atoms with Gasteiger partial charge in [-0.25, -0.2) is 0 Å². The highest BCUT2D eigenvalue weighted by Gasteiger charge is 2.45. The van der Waals surface area contributed by atoms with Crippen molar-refractivity contribution in [3.63, 3.8) is 0 Å². The first-order valence-electron chi connectivity index (χ1n) is 5.65. The first-order chi connectivity index (χ1) is 6.68. The van der Waals surface area contributed by atoms with E-state index in [0.717, 1.165) is 31.4 Å². The lowest BCUT2D eigenvalue weighted by molar-refractivity contribution is -0.118. The predicted octanol–water partition coefficient (Wildman–Crippen LogP) is 2.05. The van der Waals surface area contributed by atoms with Gasteiger partial charge in [-0.1, -0.05) is 19.9 Å². The summed E-state index contributed by atoms with van der Waals surface area (Å²) in [4.78, 5) is 11.7. The van der Waals surface area contributed by atoms with Gasteiger partial charge in [0.2, 0.25) is 0 Å². The molecule has 0 bridgehead atoms. The Morgan fingerprint density at radius 3 is 3.14 bits per heavy atom. The Morgan fingerprint density at radius 1 is 1.64 bits per heavy atom. The molecule has 2 aliphatic carbocycles. The second-order valence-corrected chi connectivity index (χ2v) is 4.66. The van der Waals surface area contributed by atoms with Crippen molar-refractivity contribution >= 4 is 5.78 Å². The third-order valence-electron chi connectivity index (χ3n) is 3.79. The molecule has 14 heavy (non-hydrogen) atoms. The van der Waals surface area contributed by atoms with Gasteiger partial charge in [0.05, 0.1) is 0 Å². The van der Waals surface area contributed by atoms with E-state index in [-0.39, 0.29) is 5.41 Å². The van der Waals surface area contributed by atoms with E-state index in [1.165, 1.54) is 6.42 Å². The molecule has 2 atom stereocenters. The van der Waals surface area contributed by atoms with E-state index in [0.29, 0.717) is 11.8 Å². The molecule has 0 radical (unpaired) electrons. The molecule has 2 nitrogen and oxygen atoms in total. The molecule has 0 spiro atoms. The van der Waals surface area contributed by atoms with Crippen molar-refractivity contribution in [1.29, 1.82) is 0 Å². The van der Waals surface area contributed by atoms with Crippen molar-refractivity contribution in [3.8, 4) is 0 Å². The topological polar surface area (TPSA) is 29.1 Å². The highest BCUT2D eigenvalue weighted by atomic mass is 16.1. The molecule has 2 aliphatic rings. The van der Waals surface area contributed by atoms with Gasteiger partial charge in [-0.05, 0) is 31.4 Å². The van der Waals surface area contributed by atoms with Crippen LogP contribution in [0.2, 0.25) is 0 Å². The summed E-state index contributed by atoms with van der Waals surface area (Å²) in [6.07, 6.45) is 6.19. The fourth-order valence-corrected chi connectivity index (χ4v) is 2.96. The molecule has 0 heterocycles. The molecule has 1 saturated carbocycles. The fourth-order valence-electron chi connectivity index (χ4n) is 2.96. The average Bonchev–Trinajstić information content (AvgIpc) is 2.46. The Balaban J connectivity index is 2.21. The van der Waals surface area contributed by atoms with E-state index in [1.807, 2.05) is 0 Å². The van der Waals surface area contributed by atoms with Crippen LogP contribution < -0.4 is 5.32 Å². The molecule has 78 valence electrons.